The standard InChI is InChI=1S/C15H27N3O3/c1-2-13-5-3-7-18(11-13)15(21)17-8-4-6-16(9-10-17)12-14(19)20/h13H,2-12H2,1H3,(H,19,20). The van der Waals surface area contributed by atoms with Gasteiger partial charge in [0, 0.05) is 39.3 Å². The molecule has 2 saturated heterocycles. The molecule has 6 nitrogen and oxygen atoms in total. The summed E-state index contributed by atoms with van der Waals surface area (Å²) in [6, 6.07) is 0.144. The Morgan fingerprint density at radius 3 is 2.52 bits per heavy atom. The van der Waals surface area contributed by atoms with Gasteiger partial charge in [0.2, 0.25) is 0 Å². The van der Waals surface area contributed by atoms with Gasteiger partial charge in [0.15, 0.2) is 0 Å². The number of nitrogens with zero attached hydrogens (tertiary/aromatic N) is 3. The largest absolute Gasteiger partial charge is 0.480 e. The topological polar surface area (TPSA) is 64.1 Å². The lowest BCUT2D eigenvalue weighted by Crippen LogP contribution is -2.48. The third kappa shape index (κ3) is 4.59. The molecule has 2 aliphatic heterocycles. The second-order valence-corrected chi connectivity index (χ2v) is 6.16. The number of amides is 2. The van der Waals surface area contributed by atoms with Crippen molar-refractivity contribution in [1.29, 1.82) is 0 Å². The SMILES string of the molecule is CCC1CCCN(C(=O)N2CCCN(CC(=O)O)CC2)C1. The van der Waals surface area contributed by atoms with Gasteiger partial charge in [-0.2, -0.15) is 0 Å². The number of urea groups is 1. The van der Waals surface area contributed by atoms with Crippen molar-refractivity contribution in [3.05, 3.63) is 0 Å². The van der Waals surface area contributed by atoms with E-state index in [0.29, 0.717) is 19.0 Å². The fourth-order valence-electron chi connectivity index (χ4n) is 3.28. The van der Waals surface area contributed by atoms with Crippen LogP contribution in [0.5, 0.6) is 0 Å². The molecule has 0 spiro atoms. The van der Waals surface area contributed by atoms with Crippen LogP contribution in [-0.4, -0.2) is 77.6 Å². The van der Waals surface area contributed by atoms with Crippen LogP contribution in [0.15, 0.2) is 0 Å². The highest BCUT2D eigenvalue weighted by molar-refractivity contribution is 5.74. The predicted molar refractivity (Wildman–Crippen MR) is 80.2 cm³/mol. The predicted octanol–water partition coefficient (Wildman–Crippen LogP) is 1.32. The summed E-state index contributed by atoms with van der Waals surface area (Å²) in [5, 5.41) is 8.86. The van der Waals surface area contributed by atoms with Gasteiger partial charge in [0.25, 0.3) is 0 Å². The van der Waals surface area contributed by atoms with Crippen molar-refractivity contribution in [1.82, 2.24) is 14.7 Å². The van der Waals surface area contributed by atoms with Crippen LogP contribution in [0.1, 0.15) is 32.6 Å². The van der Waals surface area contributed by atoms with Gasteiger partial charge in [0.05, 0.1) is 6.54 Å². The zero-order valence-electron chi connectivity index (χ0n) is 13.0. The molecule has 1 unspecified atom stereocenters. The van der Waals surface area contributed by atoms with E-state index in [2.05, 4.69) is 6.92 Å². The first-order valence-electron chi connectivity index (χ1n) is 8.08. The van der Waals surface area contributed by atoms with Crippen LogP contribution in [0.25, 0.3) is 0 Å². The lowest BCUT2D eigenvalue weighted by molar-refractivity contribution is -0.138. The molecule has 1 atom stereocenters. The summed E-state index contributed by atoms with van der Waals surface area (Å²) < 4.78 is 0. The minimum atomic E-state index is -0.795. The van der Waals surface area contributed by atoms with Crippen LogP contribution in [0, 0.1) is 5.92 Å². The van der Waals surface area contributed by atoms with E-state index in [1.165, 1.54) is 6.42 Å². The van der Waals surface area contributed by atoms with Crippen LogP contribution < -0.4 is 0 Å². The van der Waals surface area contributed by atoms with Crippen molar-refractivity contribution in [2.75, 3.05) is 45.8 Å². The molecule has 2 rings (SSSR count). The maximum absolute atomic E-state index is 12.6. The number of aliphatic carboxylic acids is 1. The van der Waals surface area contributed by atoms with Crippen LogP contribution in [0.2, 0.25) is 0 Å². The summed E-state index contributed by atoms with van der Waals surface area (Å²) in [6.07, 6.45) is 4.32. The summed E-state index contributed by atoms with van der Waals surface area (Å²) in [6.45, 7) is 6.80. The highest BCUT2D eigenvalue weighted by atomic mass is 16.4. The number of carbonyl (C=O) groups is 2. The molecule has 0 aromatic heterocycles. The van der Waals surface area contributed by atoms with Gasteiger partial charge in [-0.3, -0.25) is 9.69 Å². The van der Waals surface area contributed by atoms with Gasteiger partial charge in [-0.1, -0.05) is 13.3 Å². The Hall–Kier alpha value is -1.30. The summed E-state index contributed by atoms with van der Waals surface area (Å²) in [4.78, 5) is 29.2. The maximum atomic E-state index is 12.6. The Bertz CT molecular complexity index is 375. The van der Waals surface area contributed by atoms with E-state index in [0.717, 1.165) is 45.4 Å². The molecular weight excluding hydrogens is 270 g/mol. The Morgan fingerprint density at radius 2 is 1.81 bits per heavy atom. The van der Waals surface area contributed by atoms with Crippen molar-refractivity contribution in [3.63, 3.8) is 0 Å². The monoisotopic (exact) mass is 297 g/mol. The molecule has 0 aromatic rings. The highest BCUT2D eigenvalue weighted by Gasteiger charge is 2.27. The van der Waals surface area contributed by atoms with Crippen molar-refractivity contribution in [2.45, 2.75) is 32.6 Å². The normalized spacial score (nSPS) is 24.7. The number of carboxylic acids is 1. The highest BCUT2D eigenvalue weighted by Crippen LogP contribution is 2.20. The van der Waals surface area contributed by atoms with Gasteiger partial charge in [-0.05, 0) is 25.2 Å². The molecule has 2 heterocycles. The van der Waals surface area contributed by atoms with E-state index < -0.39 is 5.97 Å². The van der Waals surface area contributed by atoms with Crippen molar-refractivity contribution in [3.8, 4) is 0 Å². The summed E-state index contributed by atoms with van der Waals surface area (Å²) in [5.74, 6) is -0.158. The van der Waals surface area contributed by atoms with E-state index in [4.69, 9.17) is 5.11 Å². The Labute approximate surface area is 126 Å². The fourth-order valence-corrected chi connectivity index (χ4v) is 3.28. The second-order valence-electron chi connectivity index (χ2n) is 6.16. The number of piperidine rings is 1. The maximum Gasteiger partial charge on any atom is 0.320 e. The third-order valence-corrected chi connectivity index (χ3v) is 4.58. The van der Waals surface area contributed by atoms with E-state index in [1.807, 2.05) is 14.7 Å². The Kier molecular flexibility index (Phi) is 5.85. The summed E-state index contributed by atoms with van der Waals surface area (Å²) in [5.41, 5.74) is 0. The first-order valence-corrected chi connectivity index (χ1v) is 8.08. The molecule has 1 N–H and O–H groups in total. The molecule has 21 heavy (non-hydrogen) atoms. The van der Waals surface area contributed by atoms with E-state index >= 15 is 0 Å². The number of rotatable bonds is 3. The van der Waals surface area contributed by atoms with E-state index in [1.54, 1.807) is 0 Å². The second kappa shape index (κ2) is 7.64. The zero-order valence-corrected chi connectivity index (χ0v) is 13.0. The van der Waals surface area contributed by atoms with Crippen LogP contribution in [0.4, 0.5) is 4.79 Å². The number of likely N-dealkylation sites (tertiary alicyclic amines) is 1. The summed E-state index contributed by atoms with van der Waals surface area (Å²) >= 11 is 0. The Balaban J connectivity index is 1.86. The third-order valence-electron chi connectivity index (χ3n) is 4.58. The van der Waals surface area contributed by atoms with Gasteiger partial charge in [0.1, 0.15) is 0 Å². The molecule has 2 aliphatic rings. The number of carbonyl (C=O) groups excluding carboxylic acids is 1. The van der Waals surface area contributed by atoms with E-state index in [-0.39, 0.29) is 12.6 Å². The van der Waals surface area contributed by atoms with Crippen molar-refractivity contribution < 1.29 is 14.7 Å². The molecule has 6 heteroatoms. The van der Waals surface area contributed by atoms with Gasteiger partial charge in [-0.25, -0.2) is 4.79 Å². The van der Waals surface area contributed by atoms with Crippen LogP contribution in [0.3, 0.4) is 0 Å². The molecule has 0 bridgehead atoms. The fraction of sp³-hybridized carbons (Fsp3) is 0.867. The van der Waals surface area contributed by atoms with E-state index in [9.17, 15) is 9.59 Å². The first-order chi connectivity index (χ1) is 10.1. The molecule has 0 aromatic carbocycles. The molecule has 0 aliphatic carbocycles. The van der Waals surface area contributed by atoms with Crippen molar-refractivity contribution >= 4 is 12.0 Å². The number of carboxylic acid groups (broad SMARTS) is 1. The molecule has 0 saturated carbocycles. The first kappa shape index (κ1) is 16.1. The molecule has 2 fully saturated rings. The lowest BCUT2D eigenvalue weighted by Gasteiger charge is -2.36. The minimum absolute atomic E-state index is 0.0731. The molecule has 120 valence electrons. The van der Waals surface area contributed by atoms with Crippen LogP contribution >= 0.6 is 0 Å². The van der Waals surface area contributed by atoms with Gasteiger partial charge < -0.3 is 14.9 Å². The average molecular weight is 297 g/mol. The Morgan fingerprint density at radius 1 is 1.05 bits per heavy atom. The number of hydrogen-bond acceptors (Lipinski definition) is 3. The summed E-state index contributed by atoms with van der Waals surface area (Å²) in [7, 11) is 0. The minimum Gasteiger partial charge on any atom is -0.480 e. The quantitative estimate of drug-likeness (QED) is 0.853. The molecule has 2 amide bonds. The van der Waals surface area contributed by atoms with Gasteiger partial charge in [-0.15, -0.1) is 0 Å². The lowest BCUT2D eigenvalue weighted by atomic mass is 9.96. The average Bonchev–Trinajstić information content (AvgIpc) is 2.71. The smallest absolute Gasteiger partial charge is 0.320 e. The van der Waals surface area contributed by atoms with Crippen LogP contribution in [-0.2, 0) is 4.79 Å². The van der Waals surface area contributed by atoms with Gasteiger partial charge >= 0.3 is 12.0 Å². The number of hydrogen-bond donors (Lipinski definition) is 1. The van der Waals surface area contributed by atoms with Crippen molar-refractivity contribution in [2.24, 2.45) is 5.92 Å². The molecule has 0 radical (unpaired) electrons. The molecular formula is C15H27N3O3. The zero-order chi connectivity index (χ0) is 15.2.